The molecule has 1 aliphatic rings. The SMILES string of the molecule is CS(=O)(=O)NC(=O)C1CCCC(F)(F)C1. The van der Waals surface area contributed by atoms with Crippen LogP contribution in [0.4, 0.5) is 8.78 Å². The lowest BCUT2D eigenvalue weighted by Crippen LogP contribution is -2.39. The van der Waals surface area contributed by atoms with Crippen LogP contribution in [0.3, 0.4) is 0 Å². The van der Waals surface area contributed by atoms with E-state index < -0.39 is 34.2 Å². The molecule has 1 atom stereocenters. The van der Waals surface area contributed by atoms with Crippen molar-refractivity contribution in [3.8, 4) is 0 Å². The number of rotatable bonds is 2. The monoisotopic (exact) mass is 241 g/mol. The molecule has 0 aliphatic heterocycles. The maximum absolute atomic E-state index is 12.9. The lowest BCUT2D eigenvalue weighted by molar-refractivity contribution is -0.130. The summed E-state index contributed by atoms with van der Waals surface area (Å²) in [5.41, 5.74) is 0. The number of halogens is 2. The molecule has 1 N–H and O–H groups in total. The molecule has 1 aliphatic carbocycles. The van der Waals surface area contributed by atoms with Gasteiger partial charge in [0, 0.05) is 18.8 Å². The van der Waals surface area contributed by atoms with Crippen LogP contribution in [-0.2, 0) is 14.8 Å². The average Bonchev–Trinajstić information content (AvgIpc) is 1.99. The number of carbonyl (C=O) groups excluding carboxylic acids is 1. The Balaban J connectivity index is 2.61. The fourth-order valence-electron chi connectivity index (χ4n) is 1.66. The van der Waals surface area contributed by atoms with Crippen LogP contribution in [0, 0.1) is 5.92 Å². The molecule has 1 rings (SSSR count). The Bertz CT molecular complexity index is 353. The second-order valence-electron chi connectivity index (χ2n) is 3.89. The molecule has 1 saturated carbocycles. The smallest absolute Gasteiger partial charge is 0.248 e. The molecule has 0 aromatic carbocycles. The van der Waals surface area contributed by atoms with Gasteiger partial charge in [-0.05, 0) is 12.8 Å². The first-order valence-corrected chi connectivity index (χ1v) is 6.48. The molecule has 0 spiro atoms. The summed E-state index contributed by atoms with van der Waals surface area (Å²) in [6.45, 7) is 0. The van der Waals surface area contributed by atoms with E-state index in [-0.39, 0.29) is 12.8 Å². The summed E-state index contributed by atoms with van der Waals surface area (Å²) in [6, 6.07) is 0. The number of nitrogens with one attached hydrogen (secondary N) is 1. The first kappa shape index (κ1) is 12.4. The zero-order valence-corrected chi connectivity index (χ0v) is 9.11. The summed E-state index contributed by atoms with van der Waals surface area (Å²) in [4.78, 5) is 11.3. The minimum absolute atomic E-state index is 0.227. The Hall–Kier alpha value is -0.720. The highest BCUT2D eigenvalue weighted by Gasteiger charge is 2.39. The second kappa shape index (κ2) is 4.03. The molecule has 0 aromatic rings. The van der Waals surface area contributed by atoms with Gasteiger partial charge in [-0.25, -0.2) is 17.2 Å². The van der Waals surface area contributed by atoms with Crippen molar-refractivity contribution in [1.29, 1.82) is 0 Å². The van der Waals surface area contributed by atoms with Gasteiger partial charge < -0.3 is 0 Å². The fraction of sp³-hybridized carbons (Fsp3) is 0.875. The van der Waals surface area contributed by atoms with E-state index in [0.29, 0.717) is 6.42 Å². The lowest BCUT2D eigenvalue weighted by atomic mass is 9.86. The number of alkyl halides is 2. The molecular formula is C8H13F2NO3S. The van der Waals surface area contributed by atoms with Crippen LogP contribution >= 0.6 is 0 Å². The van der Waals surface area contributed by atoms with Gasteiger partial charge in [-0.2, -0.15) is 0 Å². The van der Waals surface area contributed by atoms with E-state index in [1.165, 1.54) is 0 Å². The third kappa shape index (κ3) is 4.11. The van der Waals surface area contributed by atoms with Crippen molar-refractivity contribution in [2.24, 2.45) is 5.92 Å². The van der Waals surface area contributed by atoms with Gasteiger partial charge in [0.1, 0.15) is 0 Å². The molecule has 88 valence electrons. The van der Waals surface area contributed by atoms with Crippen LogP contribution in [0.1, 0.15) is 25.7 Å². The largest absolute Gasteiger partial charge is 0.274 e. The predicted molar refractivity (Wildman–Crippen MR) is 49.9 cm³/mol. The molecule has 1 fully saturated rings. The van der Waals surface area contributed by atoms with Gasteiger partial charge in [-0.15, -0.1) is 0 Å². The lowest BCUT2D eigenvalue weighted by Gasteiger charge is -2.27. The van der Waals surface area contributed by atoms with E-state index in [2.05, 4.69) is 0 Å². The molecule has 1 unspecified atom stereocenters. The van der Waals surface area contributed by atoms with Crippen LogP contribution in [0.2, 0.25) is 0 Å². The first-order chi connectivity index (χ1) is 6.70. The van der Waals surface area contributed by atoms with Crippen LogP contribution < -0.4 is 4.72 Å². The third-order valence-electron chi connectivity index (χ3n) is 2.30. The van der Waals surface area contributed by atoms with Gasteiger partial charge in [-0.1, -0.05) is 0 Å². The van der Waals surface area contributed by atoms with E-state index in [4.69, 9.17) is 0 Å². The number of hydrogen-bond acceptors (Lipinski definition) is 3. The summed E-state index contributed by atoms with van der Waals surface area (Å²) in [6.07, 6.45) is 0.599. The Morgan fingerprint density at radius 3 is 2.53 bits per heavy atom. The third-order valence-corrected chi connectivity index (χ3v) is 2.87. The van der Waals surface area contributed by atoms with E-state index in [1.54, 1.807) is 4.72 Å². The van der Waals surface area contributed by atoms with Gasteiger partial charge in [0.2, 0.25) is 21.9 Å². The highest BCUT2D eigenvalue weighted by molar-refractivity contribution is 7.89. The fourth-order valence-corrected chi connectivity index (χ4v) is 2.19. The second-order valence-corrected chi connectivity index (χ2v) is 5.64. The first-order valence-electron chi connectivity index (χ1n) is 4.59. The maximum atomic E-state index is 12.9. The van der Waals surface area contributed by atoms with Crippen molar-refractivity contribution in [2.75, 3.05) is 6.26 Å². The Morgan fingerprint density at radius 1 is 1.47 bits per heavy atom. The molecule has 15 heavy (non-hydrogen) atoms. The number of carbonyl (C=O) groups is 1. The van der Waals surface area contributed by atoms with Crippen molar-refractivity contribution >= 4 is 15.9 Å². The van der Waals surface area contributed by atoms with Crippen LogP contribution in [0.5, 0.6) is 0 Å². The molecule has 4 nitrogen and oxygen atoms in total. The molecular weight excluding hydrogens is 228 g/mol. The highest BCUT2D eigenvalue weighted by Crippen LogP contribution is 2.36. The summed E-state index contributed by atoms with van der Waals surface area (Å²) in [5, 5.41) is 0. The van der Waals surface area contributed by atoms with Gasteiger partial charge in [0.05, 0.1) is 6.26 Å². The topological polar surface area (TPSA) is 63.2 Å². The van der Waals surface area contributed by atoms with Crippen LogP contribution in [0.25, 0.3) is 0 Å². The quantitative estimate of drug-likeness (QED) is 0.780. The molecule has 0 bridgehead atoms. The van der Waals surface area contributed by atoms with Gasteiger partial charge >= 0.3 is 0 Å². The minimum Gasteiger partial charge on any atom is -0.274 e. The van der Waals surface area contributed by atoms with Crippen molar-refractivity contribution < 1.29 is 22.0 Å². The summed E-state index contributed by atoms with van der Waals surface area (Å²) in [7, 11) is -3.65. The van der Waals surface area contributed by atoms with Crippen molar-refractivity contribution in [2.45, 2.75) is 31.6 Å². The van der Waals surface area contributed by atoms with Crippen LogP contribution in [0.15, 0.2) is 0 Å². The zero-order chi connectivity index (χ0) is 11.7. The van der Waals surface area contributed by atoms with Crippen molar-refractivity contribution in [3.63, 3.8) is 0 Å². The molecule has 1 amide bonds. The standard InChI is InChI=1S/C8H13F2NO3S/c1-15(13,14)11-7(12)6-3-2-4-8(9,10)5-6/h6H,2-5H2,1H3,(H,11,12). The normalized spacial score (nSPS) is 25.9. The summed E-state index contributed by atoms with van der Waals surface area (Å²) in [5.74, 6) is -4.57. The Morgan fingerprint density at radius 2 is 2.07 bits per heavy atom. The highest BCUT2D eigenvalue weighted by atomic mass is 32.2. The molecule has 0 heterocycles. The van der Waals surface area contributed by atoms with E-state index in [0.717, 1.165) is 6.26 Å². The summed E-state index contributed by atoms with van der Waals surface area (Å²) >= 11 is 0. The van der Waals surface area contributed by atoms with Gasteiger partial charge in [0.15, 0.2) is 0 Å². The number of sulfonamides is 1. The Kier molecular flexibility index (Phi) is 3.32. The zero-order valence-electron chi connectivity index (χ0n) is 8.29. The molecule has 0 radical (unpaired) electrons. The number of hydrogen-bond donors (Lipinski definition) is 1. The maximum Gasteiger partial charge on any atom is 0.248 e. The molecule has 0 saturated heterocycles. The summed E-state index contributed by atoms with van der Waals surface area (Å²) < 4.78 is 49.0. The van der Waals surface area contributed by atoms with Gasteiger partial charge in [0.25, 0.3) is 0 Å². The van der Waals surface area contributed by atoms with E-state index in [9.17, 15) is 22.0 Å². The minimum atomic E-state index is -3.65. The van der Waals surface area contributed by atoms with Crippen molar-refractivity contribution in [1.82, 2.24) is 4.72 Å². The average molecular weight is 241 g/mol. The van der Waals surface area contributed by atoms with Gasteiger partial charge in [-0.3, -0.25) is 9.52 Å². The van der Waals surface area contributed by atoms with Crippen LogP contribution in [-0.4, -0.2) is 26.5 Å². The van der Waals surface area contributed by atoms with E-state index in [1.807, 2.05) is 0 Å². The van der Waals surface area contributed by atoms with E-state index >= 15 is 0 Å². The molecule has 0 aromatic heterocycles. The predicted octanol–water partition coefficient (Wildman–Crippen LogP) is 0.888. The van der Waals surface area contributed by atoms with Crippen molar-refractivity contribution in [3.05, 3.63) is 0 Å². The number of amides is 1. The Labute approximate surface area is 87.1 Å². The molecule has 7 heteroatoms.